The summed E-state index contributed by atoms with van der Waals surface area (Å²) in [7, 11) is 0. The van der Waals surface area contributed by atoms with Crippen LogP contribution >= 0.6 is 11.8 Å². The largest absolute Gasteiger partial charge is 0.321 e. The van der Waals surface area contributed by atoms with Gasteiger partial charge >= 0.3 is 0 Å². The summed E-state index contributed by atoms with van der Waals surface area (Å²) in [5, 5.41) is 5.65. The zero-order chi connectivity index (χ0) is 26.9. The molecule has 0 spiro atoms. The molecule has 2 amide bonds. The first-order valence-electron chi connectivity index (χ1n) is 12.2. The van der Waals surface area contributed by atoms with E-state index >= 15 is 0 Å². The quantitative estimate of drug-likeness (QED) is 0.147. The summed E-state index contributed by atoms with van der Waals surface area (Å²) < 4.78 is 0. The van der Waals surface area contributed by atoms with Crippen molar-refractivity contribution in [3.63, 3.8) is 0 Å². The normalized spacial score (nSPS) is 11.1. The third-order valence-corrected chi connectivity index (χ3v) is 6.85. The van der Waals surface area contributed by atoms with E-state index < -0.39 is 5.91 Å². The van der Waals surface area contributed by atoms with E-state index in [4.69, 9.17) is 0 Å². The Labute approximate surface area is 227 Å². The van der Waals surface area contributed by atoms with E-state index in [9.17, 15) is 14.4 Å². The van der Waals surface area contributed by atoms with E-state index in [1.165, 1.54) is 11.8 Å². The lowest BCUT2D eigenvalue weighted by Gasteiger charge is -2.13. The molecule has 0 aliphatic heterocycles. The SMILES string of the molecule is Cc1ccc(C(=O)CSc2cccc(NC(=O)/C(=C/c3ccccc3C)NC(=O)c3ccccc3)c2)cc1. The van der Waals surface area contributed by atoms with Gasteiger partial charge in [0.15, 0.2) is 5.78 Å². The average molecular weight is 521 g/mol. The van der Waals surface area contributed by atoms with Gasteiger partial charge in [-0.05, 0) is 61.4 Å². The molecule has 4 rings (SSSR count). The molecule has 6 heteroatoms. The van der Waals surface area contributed by atoms with Gasteiger partial charge in [-0.25, -0.2) is 0 Å². The van der Waals surface area contributed by atoms with Crippen LogP contribution in [0.3, 0.4) is 0 Å². The van der Waals surface area contributed by atoms with Gasteiger partial charge < -0.3 is 10.6 Å². The highest BCUT2D eigenvalue weighted by Gasteiger charge is 2.16. The van der Waals surface area contributed by atoms with Crippen LogP contribution < -0.4 is 10.6 Å². The van der Waals surface area contributed by atoms with Gasteiger partial charge in [0.1, 0.15) is 5.70 Å². The molecule has 4 aromatic carbocycles. The molecular formula is C32H28N2O3S. The topological polar surface area (TPSA) is 75.3 Å². The molecule has 0 aliphatic carbocycles. The van der Waals surface area contributed by atoms with Gasteiger partial charge in [-0.3, -0.25) is 14.4 Å². The lowest BCUT2D eigenvalue weighted by molar-refractivity contribution is -0.113. The summed E-state index contributed by atoms with van der Waals surface area (Å²) >= 11 is 1.40. The monoisotopic (exact) mass is 520 g/mol. The number of benzene rings is 4. The minimum Gasteiger partial charge on any atom is -0.321 e. The van der Waals surface area contributed by atoms with Crippen molar-refractivity contribution >= 4 is 41.1 Å². The second-order valence-corrected chi connectivity index (χ2v) is 9.84. The lowest BCUT2D eigenvalue weighted by atomic mass is 10.1. The molecule has 2 N–H and O–H groups in total. The predicted molar refractivity (Wildman–Crippen MR) is 154 cm³/mol. The van der Waals surface area contributed by atoms with Crippen molar-refractivity contribution in [2.24, 2.45) is 0 Å². The number of Topliss-reactive ketones (excluding diaryl/α,β-unsaturated/α-hetero) is 1. The number of aryl methyl sites for hydroxylation is 2. The van der Waals surface area contributed by atoms with Gasteiger partial charge in [0.05, 0.1) is 5.75 Å². The molecule has 0 aliphatic rings. The maximum absolute atomic E-state index is 13.3. The van der Waals surface area contributed by atoms with Crippen molar-refractivity contribution < 1.29 is 14.4 Å². The molecule has 0 radical (unpaired) electrons. The van der Waals surface area contributed by atoms with Gasteiger partial charge in [0.25, 0.3) is 11.8 Å². The zero-order valence-electron chi connectivity index (χ0n) is 21.2. The van der Waals surface area contributed by atoms with Crippen molar-refractivity contribution in [3.8, 4) is 0 Å². The first kappa shape index (κ1) is 26.6. The molecule has 5 nitrogen and oxygen atoms in total. The number of ketones is 1. The first-order chi connectivity index (χ1) is 18.4. The number of rotatable bonds is 9. The van der Waals surface area contributed by atoms with Crippen LogP contribution in [0.1, 0.15) is 37.4 Å². The van der Waals surface area contributed by atoms with Crippen molar-refractivity contribution in [2.75, 3.05) is 11.1 Å². The van der Waals surface area contributed by atoms with Crippen molar-refractivity contribution in [2.45, 2.75) is 18.7 Å². The molecule has 0 atom stereocenters. The summed E-state index contributed by atoms with van der Waals surface area (Å²) in [6.07, 6.45) is 1.67. The molecular weight excluding hydrogens is 492 g/mol. The van der Waals surface area contributed by atoms with Gasteiger partial charge in [-0.15, -0.1) is 11.8 Å². The third-order valence-electron chi connectivity index (χ3n) is 5.85. The molecule has 0 heterocycles. The van der Waals surface area contributed by atoms with Crippen LogP contribution in [0, 0.1) is 13.8 Å². The van der Waals surface area contributed by atoms with Gasteiger partial charge in [0.2, 0.25) is 0 Å². The number of amides is 2. The zero-order valence-corrected chi connectivity index (χ0v) is 22.0. The maximum Gasteiger partial charge on any atom is 0.272 e. The second-order valence-electron chi connectivity index (χ2n) is 8.79. The lowest BCUT2D eigenvalue weighted by Crippen LogP contribution is -2.30. The highest BCUT2D eigenvalue weighted by Crippen LogP contribution is 2.23. The Bertz CT molecular complexity index is 1480. The molecule has 190 valence electrons. The van der Waals surface area contributed by atoms with Crippen LogP contribution in [0.5, 0.6) is 0 Å². The van der Waals surface area contributed by atoms with E-state index in [1.807, 2.05) is 86.6 Å². The fourth-order valence-corrected chi connectivity index (χ4v) is 4.53. The summed E-state index contributed by atoms with van der Waals surface area (Å²) in [6.45, 7) is 3.93. The van der Waals surface area contributed by atoms with Crippen LogP contribution in [0.2, 0.25) is 0 Å². The number of anilines is 1. The Morgan fingerprint density at radius 2 is 1.47 bits per heavy atom. The average Bonchev–Trinajstić information content (AvgIpc) is 2.93. The first-order valence-corrected chi connectivity index (χ1v) is 13.2. The van der Waals surface area contributed by atoms with Crippen molar-refractivity contribution in [3.05, 3.63) is 137 Å². The van der Waals surface area contributed by atoms with E-state index in [-0.39, 0.29) is 23.1 Å². The molecule has 0 fully saturated rings. The van der Waals surface area contributed by atoms with E-state index in [0.29, 0.717) is 16.8 Å². The van der Waals surface area contributed by atoms with Crippen LogP contribution in [-0.2, 0) is 4.79 Å². The Kier molecular flexibility index (Phi) is 8.90. The summed E-state index contributed by atoms with van der Waals surface area (Å²) in [5.74, 6) is -0.502. The minimum absolute atomic E-state index is 0.0384. The number of hydrogen-bond donors (Lipinski definition) is 2. The minimum atomic E-state index is -0.449. The van der Waals surface area contributed by atoms with Gasteiger partial charge in [0, 0.05) is 21.7 Å². The Balaban J connectivity index is 1.49. The molecule has 0 aromatic heterocycles. The summed E-state index contributed by atoms with van der Waals surface area (Å²) in [4.78, 5) is 39.6. The smallest absolute Gasteiger partial charge is 0.272 e. The van der Waals surface area contributed by atoms with Crippen LogP contribution in [0.15, 0.2) is 114 Å². The molecule has 38 heavy (non-hydrogen) atoms. The highest BCUT2D eigenvalue weighted by atomic mass is 32.2. The van der Waals surface area contributed by atoms with E-state index in [2.05, 4.69) is 10.6 Å². The third kappa shape index (κ3) is 7.31. The molecule has 0 unspecified atom stereocenters. The summed E-state index contributed by atoms with van der Waals surface area (Å²) in [6, 6.07) is 31.2. The fourth-order valence-electron chi connectivity index (χ4n) is 3.68. The molecule has 4 aromatic rings. The van der Waals surface area contributed by atoms with Crippen LogP contribution in [0.25, 0.3) is 6.08 Å². The number of carbonyl (C=O) groups is 3. The molecule has 0 saturated heterocycles. The Hall–Kier alpha value is -4.42. The standard InChI is InChI=1S/C32H28N2O3S/c1-22-15-17-24(18-16-22)30(35)21-38-28-14-8-13-27(20-28)33-32(37)29(19-26-12-7-6-9-23(26)2)34-31(36)25-10-4-3-5-11-25/h3-20H,21H2,1-2H3,(H,33,37)(H,34,36)/b29-19-. The highest BCUT2D eigenvalue weighted by molar-refractivity contribution is 8.00. The maximum atomic E-state index is 13.3. The number of carbonyl (C=O) groups excluding carboxylic acids is 3. The van der Waals surface area contributed by atoms with Crippen molar-refractivity contribution in [1.29, 1.82) is 0 Å². The van der Waals surface area contributed by atoms with E-state index in [0.717, 1.165) is 21.6 Å². The number of thioether (sulfide) groups is 1. The predicted octanol–water partition coefficient (Wildman–Crippen LogP) is 6.69. The second kappa shape index (κ2) is 12.7. The van der Waals surface area contributed by atoms with E-state index in [1.54, 1.807) is 36.4 Å². The fraction of sp³-hybridized carbons (Fsp3) is 0.0938. The van der Waals surface area contributed by atoms with Crippen LogP contribution in [-0.4, -0.2) is 23.4 Å². The van der Waals surface area contributed by atoms with Crippen molar-refractivity contribution in [1.82, 2.24) is 5.32 Å². The van der Waals surface area contributed by atoms with Crippen LogP contribution in [0.4, 0.5) is 5.69 Å². The number of hydrogen-bond acceptors (Lipinski definition) is 4. The Morgan fingerprint density at radius 3 is 2.21 bits per heavy atom. The Morgan fingerprint density at radius 1 is 0.763 bits per heavy atom. The number of nitrogens with one attached hydrogen (secondary N) is 2. The molecule has 0 bridgehead atoms. The van der Waals surface area contributed by atoms with Gasteiger partial charge in [-0.1, -0.05) is 78.4 Å². The molecule has 0 saturated carbocycles. The summed E-state index contributed by atoms with van der Waals surface area (Å²) in [5.41, 5.74) is 4.72. The van der Waals surface area contributed by atoms with Gasteiger partial charge in [-0.2, -0.15) is 0 Å².